The number of rotatable bonds is 9. The summed E-state index contributed by atoms with van der Waals surface area (Å²) < 4.78 is 1.96. The first-order valence-electron chi connectivity index (χ1n) is 9.32. The first-order valence-corrected chi connectivity index (χ1v) is 12.3. The lowest BCUT2D eigenvalue weighted by molar-refractivity contribution is 0.788. The summed E-state index contributed by atoms with van der Waals surface area (Å²) in [6, 6.07) is 10.2. The van der Waals surface area contributed by atoms with Crippen LogP contribution in [-0.2, 0) is 12.8 Å². The maximum Gasteiger partial charge on any atom is 0.190 e. The molecule has 9 heteroatoms. The van der Waals surface area contributed by atoms with Gasteiger partial charge in [0.2, 0.25) is 0 Å². The van der Waals surface area contributed by atoms with Crippen LogP contribution < -0.4 is 0 Å². The topological polar surface area (TPSA) is 72.3 Å². The van der Waals surface area contributed by atoms with Crippen LogP contribution in [0.4, 0.5) is 0 Å². The highest BCUT2D eigenvalue weighted by Gasteiger charge is 2.09. The molecule has 1 N–H and O–H groups in total. The number of imidazole rings is 1. The van der Waals surface area contributed by atoms with Crippen LogP contribution in [0.1, 0.15) is 17.7 Å². The van der Waals surface area contributed by atoms with Crippen molar-refractivity contribution in [3.05, 3.63) is 54.1 Å². The zero-order chi connectivity index (χ0) is 20.1. The van der Waals surface area contributed by atoms with Gasteiger partial charge in [-0.2, -0.15) is 0 Å². The van der Waals surface area contributed by atoms with Crippen molar-refractivity contribution >= 4 is 46.3 Å². The molecule has 4 aromatic rings. The van der Waals surface area contributed by atoms with Gasteiger partial charge in [0.15, 0.2) is 10.3 Å². The molecule has 3 heterocycles. The Kier molecular flexibility index (Phi) is 6.78. The van der Waals surface area contributed by atoms with E-state index in [1.807, 2.05) is 47.8 Å². The number of aromatic nitrogens is 6. The third-order valence-corrected chi connectivity index (χ3v) is 7.67. The number of nitrogens with one attached hydrogen (secondary N) is 1. The fourth-order valence-electron chi connectivity index (χ4n) is 2.80. The van der Waals surface area contributed by atoms with Gasteiger partial charge in [0.05, 0.1) is 16.7 Å². The molecule has 0 aliphatic carbocycles. The normalized spacial score (nSPS) is 11.4. The number of fused-ring (bicyclic) bond motifs is 1. The molecule has 0 amide bonds. The van der Waals surface area contributed by atoms with Crippen LogP contribution in [0, 0.1) is 6.92 Å². The first kappa shape index (κ1) is 20.3. The van der Waals surface area contributed by atoms with Gasteiger partial charge in [0.25, 0.3) is 0 Å². The molecule has 0 radical (unpaired) electrons. The van der Waals surface area contributed by atoms with E-state index < -0.39 is 0 Å². The van der Waals surface area contributed by atoms with Gasteiger partial charge in [-0.3, -0.25) is 4.98 Å². The molecule has 3 aromatic heterocycles. The van der Waals surface area contributed by atoms with Crippen LogP contribution in [0.15, 0.2) is 58.1 Å². The summed E-state index contributed by atoms with van der Waals surface area (Å²) in [5, 5.41) is 9.93. The largest absolute Gasteiger partial charge is 0.333 e. The Morgan fingerprint density at radius 3 is 2.76 bits per heavy atom. The fraction of sp³-hybridized carbons (Fsp3) is 0.300. The standard InChI is InChI=1S/C20H22N6S3/c1-14-17(12-29-19-23-15-6-3-4-7-16(15)24-19)21-9-8-18(14)27-10-5-11-28-20-25-22-13-26(20)2/h3-4,6-9,13H,5,10-12H2,1-2H3,(H,23,24). The molecule has 0 fully saturated rings. The molecule has 0 aliphatic rings. The predicted molar refractivity (Wildman–Crippen MR) is 122 cm³/mol. The van der Waals surface area contributed by atoms with Crippen LogP contribution in [-0.4, -0.2) is 41.2 Å². The highest BCUT2D eigenvalue weighted by atomic mass is 32.2. The second-order valence-electron chi connectivity index (χ2n) is 6.50. The van der Waals surface area contributed by atoms with Crippen LogP contribution >= 0.6 is 35.3 Å². The van der Waals surface area contributed by atoms with E-state index in [-0.39, 0.29) is 0 Å². The number of para-hydroxylation sites is 2. The average Bonchev–Trinajstić information content (AvgIpc) is 3.33. The van der Waals surface area contributed by atoms with E-state index in [2.05, 4.69) is 44.2 Å². The monoisotopic (exact) mass is 442 g/mol. The number of hydrogen-bond donors (Lipinski definition) is 1. The molecule has 4 rings (SSSR count). The summed E-state index contributed by atoms with van der Waals surface area (Å²) in [6.07, 6.45) is 4.77. The Bertz CT molecular complexity index is 1060. The molecule has 29 heavy (non-hydrogen) atoms. The summed E-state index contributed by atoms with van der Waals surface area (Å²) in [6.45, 7) is 2.16. The van der Waals surface area contributed by atoms with E-state index in [0.717, 1.165) is 50.7 Å². The number of aryl methyl sites for hydroxylation is 1. The van der Waals surface area contributed by atoms with Crippen molar-refractivity contribution in [3.8, 4) is 0 Å². The molecular formula is C20H22N6S3. The summed E-state index contributed by atoms with van der Waals surface area (Å²) in [4.78, 5) is 13.9. The maximum atomic E-state index is 4.64. The first-order chi connectivity index (χ1) is 14.2. The van der Waals surface area contributed by atoms with Crippen LogP contribution in [0.5, 0.6) is 0 Å². The molecular weight excluding hydrogens is 420 g/mol. The van der Waals surface area contributed by atoms with Gasteiger partial charge < -0.3 is 9.55 Å². The molecule has 0 spiro atoms. The number of H-pyrrole nitrogens is 1. The lowest BCUT2D eigenvalue weighted by atomic mass is 10.2. The summed E-state index contributed by atoms with van der Waals surface area (Å²) in [7, 11) is 1.97. The summed E-state index contributed by atoms with van der Waals surface area (Å²) >= 11 is 5.35. The van der Waals surface area contributed by atoms with E-state index in [4.69, 9.17) is 0 Å². The Balaban J connectivity index is 1.29. The van der Waals surface area contributed by atoms with Gasteiger partial charge in [-0.05, 0) is 42.9 Å². The number of thioether (sulfide) groups is 3. The number of nitrogens with zero attached hydrogens (tertiary/aromatic N) is 5. The van der Waals surface area contributed by atoms with Gasteiger partial charge >= 0.3 is 0 Å². The third-order valence-electron chi connectivity index (χ3n) is 4.42. The molecule has 0 unspecified atom stereocenters. The van der Waals surface area contributed by atoms with E-state index >= 15 is 0 Å². The lowest BCUT2D eigenvalue weighted by Crippen LogP contribution is -1.95. The average molecular weight is 443 g/mol. The highest BCUT2D eigenvalue weighted by Crippen LogP contribution is 2.29. The second-order valence-corrected chi connectivity index (χ2v) is 9.67. The zero-order valence-corrected chi connectivity index (χ0v) is 18.8. The third kappa shape index (κ3) is 5.15. The minimum atomic E-state index is 0.808. The molecule has 150 valence electrons. The van der Waals surface area contributed by atoms with Crippen molar-refractivity contribution in [2.24, 2.45) is 7.05 Å². The Labute approximate surface area is 182 Å². The van der Waals surface area contributed by atoms with E-state index in [0.29, 0.717) is 0 Å². The lowest BCUT2D eigenvalue weighted by Gasteiger charge is -2.09. The van der Waals surface area contributed by atoms with Gasteiger partial charge in [0.1, 0.15) is 6.33 Å². The van der Waals surface area contributed by atoms with Crippen molar-refractivity contribution in [1.82, 2.24) is 29.7 Å². The van der Waals surface area contributed by atoms with Gasteiger partial charge in [0, 0.05) is 29.6 Å². The Morgan fingerprint density at radius 1 is 1.07 bits per heavy atom. The number of aromatic amines is 1. The molecule has 0 aliphatic heterocycles. The molecule has 0 saturated heterocycles. The molecule has 0 saturated carbocycles. The predicted octanol–water partition coefficient (Wildman–Crippen LogP) is 4.96. The van der Waals surface area contributed by atoms with Crippen LogP contribution in [0.25, 0.3) is 11.0 Å². The zero-order valence-electron chi connectivity index (χ0n) is 16.3. The summed E-state index contributed by atoms with van der Waals surface area (Å²) in [5.41, 5.74) is 4.46. The van der Waals surface area contributed by atoms with Crippen molar-refractivity contribution in [3.63, 3.8) is 0 Å². The van der Waals surface area contributed by atoms with Gasteiger partial charge in [-0.15, -0.1) is 22.0 Å². The highest BCUT2D eigenvalue weighted by molar-refractivity contribution is 8.00. The Hall–Kier alpha value is -1.97. The molecule has 0 atom stereocenters. The minimum absolute atomic E-state index is 0.808. The van der Waals surface area contributed by atoms with Crippen molar-refractivity contribution in [1.29, 1.82) is 0 Å². The maximum absolute atomic E-state index is 4.64. The van der Waals surface area contributed by atoms with E-state index in [1.54, 1.807) is 29.9 Å². The number of benzene rings is 1. The van der Waals surface area contributed by atoms with Gasteiger partial charge in [-0.25, -0.2) is 4.98 Å². The number of hydrogen-bond acceptors (Lipinski definition) is 7. The summed E-state index contributed by atoms with van der Waals surface area (Å²) in [5.74, 6) is 2.92. The molecule has 1 aromatic carbocycles. The quantitative estimate of drug-likeness (QED) is 0.290. The molecule has 6 nitrogen and oxygen atoms in total. The fourth-order valence-corrected chi connectivity index (χ4v) is 5.72. The smallest absolute Gasteiger partial charge is 0.190 e. The SMILES string of the molecule is Cc1c(SCCCSc2nncn2C)ccnc1CSc1nc2ccccc2[nH]1. The van der Waals surface area contributed by atoms with Gasteiger partial charge in [-0.1, -0.05) is 35.7 Å². The minimum Gasteiger partial charge on any atom is -0.333 e. The van der Waals surface area contributed by atoms with Crippen molar-refractivity contribution in [2.75, 3.05) is 11.5 Å². The van der Waals surface area contributed by atoms with Crippen LogP contribution in [0.2, 0.25) is 0 Å². The number of pyridine rings is 1. The van der Waals surface area contributed by atoms with Crippen LogP contribution in [0.3, 0.4) is 0 Å². The Morgan fingerprint density at radius 2 is 1.93 bits per heavy atom. The van der Waals surface area contributed by atoms with Crippen molar-refractivity contribution < 1.29 is 0 Å². The van der Waals surface area contributed by atoms with Crippen molar-refractivity contribution in [2.45, 2.75) is 34.3 Å². The molecule has 0 bridgehead atoms. The van der Waals surface area contributed by atoms with E-state index in [9.17, 15) is 0 Å². The second kappa shape index (κ2) is 9.69. The van der Waals surface area contributed by atoms with E-state index in [1.165, 1.54) is 10.5 Å².